The molecule has 1 fully saturated rings. The zero-order valence-corrected chi connectivity index (χ0v) is 19.1. The number of carbonyl (C=O) groups excluding carboxylic acids is 2. The first-order valence-corrected chi connectivity index (χ1v) is 9.94. The summed E-state index contributed by atoms with van der Waals surface area (Å²) in [5.41, 5.74) is 0.991. The second-order valence-electron chi connectivity index (χ2n) is 6.30. The van der Waals surface area contributed by atoms with Crippen LogP contribution in [-0.4, -0.2) is 31.1 Å². The SMILES string of the molecule is CCS(=O)(=O)c1ccc2c(ccc3onc(C4CCC(=O)NC4=O)c32)c1.[CH3-].[W]. The van der Waals surface area contributed by atoms with Crippen molar-refractivity contribution in [1.82, 2.24) is 10.5 Å². The number of carbonyl (C=O) groups is 2. The maximum atomic E-state index is 12.2. The van der Waals surface area contributed by atoms with Crippen LogP contribution in [0.25, 0.3) is 21.7 Å². The standard InChI is InChI=1S/C18H16N2O5S.CH3.W/c1-2-26(23,24)11-4-5-12-10(9-11)3-7-14-16(12)17(20-25-14)13-6-8-15(21)19-18(13)22;;/h3-5,7,9,13H,2,6,8H2,1H3,(H,19,21,22);1H3;/q;-1;. The summed E-state index contributed by atoms with van der Waals surface area (Å²) in [7, 11) is -3.32. The van der Waals surface area contributed by atoms with Gasteiger partial charge in [-0.25, -0.2) is 8.42 Å². The summed E-state index contributed by atoms with van der Waals surface area (Å²) in [5, 5.41) is 8.56. The number of rotatable bonds is 3. The van der Waals surface area contributed by atoms with Gasteiger partial charge in [0.25, 0.3) is 0 Å². The van der Waals surface area contributed by atoms with Gasteiger partial charge in [0.15, 0.2) is 15.4 Å². The van der Waals surface area contributed by atoms with Crippen molar-refractivity contribution in [3.8, 4) is 0 Å². The van der Waals surface area contributed by atoms with Crippen LogP contribution in [0.3, 0.4) is 0 Å². The molecule has 28 heavy (non-hydrogen) atoms. The fourth-order valence-electron chi connectivity index (χ4n) is 3.32. The molecule has 3 aromatic rings. The van der Waals surface area contributed by atoms with Gasteiger partial charge in [-0.2, -0.15) is 0 Å². The van der Waals surface area contributed by atoms with Gasteiger partial charge in [-0.05, 0) is 35.4 Å². The van der Waals surface area contributed by atoms with Gasteiger partial charge >= 0.3 is 0 Å². The van der Waals surface area contributed by atoms with E-state index in [1.54, 1.807) is 37.3 Å². The predicted molar refractivity (Wildman–Crippen MR) is 101 cm³/mol. The largest absolute Gasteiger partial charge is 0.358 e. The first-order chi connectivity index (χ1) is 12.4. The first kappa shape index (κ1) is 22.2. The summed E-state index contributed by atoms with van der Waals surface area (Å²) in [6.45, 7) is 1.60. The number of hydrogen-bond acceptors (Lipinski definition) is 6. The minimum atomic E-state index is -3.32. The van der Waals surface area contributed by atoms with Gasteiger partial charge in [0.2, 0.25) is 11.8 Å². The molecule has 1 N–H and O–H groups in total. The number of amides is 2. The fourth-order valence-corrected chi connectivity index (χ4v) is 4.24. The van der Waals surface area contributed by atoms with Crippen LogP contribution in [0.4, 0.5) is 0 Å². The summed E-state index contributed by atoms with van der Waals surface area (Å²) in [4.78, 5) is 23.9. The average Bonchev–Trinajstić information content (AvgIpc) is 3.05. The number of aromatic nitrogens is 1. The van der Waals surface area contributed by atoms with Gasteiger partial charge in [0.1, 0.15) is 5.69 Å². The van der Waals surface area contributed by atoms with Crippen molar-refractivity contribution in [2.24, 2.45) is 0 Å². The van der Waals surface area contributed by atoms with Crippen LogP contribution >= 0.6 is 0 Å². The summed E-state index contributed by atoms with van der Waals surface area (Å²) in [5.74, 6) is -1.23. The van der Waals surface area contributed by atoms with Crippen molar-refractivity contribution >= 4 is 43.4 Å². The number of imide groups is 1. The number of fused-ring (bicyclic) bond motifs is 3. The molecular weight excluding hydrogens is 552 g/mol. The molecule has 1 aliphatic heterocycles. The molecule has 2 heterocycles. The smallest absolute Gasteiger partial charge is 0.235 e. The van der Waals surface area contributed by atoms with Gasteiger partial charge in [-0.15, -0.1) is 0 Å². The van der Waals surface area contributed by atoms with Gasteiger partial charge in [0, 0.05) is 27.5 Å². The Morgan fingerprint density at radius 2 is 1.96 bits per heavy atom. The van der Waals surface area contributed by atoms with E-state index < -0.39 is 21.7 Å². The minimum absolute atomic E-state index is 0. The first-order valence-electron chi connectivity index (χ1n) is 8.29. The zero-order valence-electron chi connectivity index (χ0n) is 15.4. The monoisotopic (exact) mass is 571 g/mol. The molecular formula is C19H19N2O5SW-. The topological polar surface area (TPSA) is 106 Å². The second-order valence-corrected chi connectivity index (χ2v) is 8.57. The molecule has 2 aromatic carbocycles. The van der Waals surface area contributed by atoms with Crippen LogP contribution in [0.15, 0.2) is 39.8 Å². The Hall–Kier alpha value is -2.05. The van der Waals surface area contributed by atoms with E-state index in [4.69, 9.17) is 4.52 Å². The van der Waals surface area contributed by atoms with Crippen molar-refractivity contribution < 1.29 is 43.6 Å². The number of benzene rings is 2. The maximum absolute atomic E-state index is 12.2. The molecule has 1 atom stereocenters. The van der Waals surface area contributed by atoms with Gasteiger partial charge in [0.05, 0.1) is 22.0 Å². The quantitative estimate of drug-likeness (QED) is 0.383. The van der Waals surface area contributed by atoms with E-state index >= 15 is 0 Å². The Bertz CT molecular complexity index is 1170. The Kier molecular flexibility index (Phi) is 6.46. The molecule has 0 bridgehead atoms. The Morgan fingerprint density at radius 3 is 2.64 bits per heavy atom. The summed E-state index contributed by atoms with van der Waals surface area (Å²) in [6, 6.07) is 8.37. The molecule has 0 spiro atoms. The molecule has 0 radical (unpaired) electrons. The third-order valence-electron chi connectivity index (χ3n) is 4.76. The fraction of sp³-hybridized carbons (Fsp3) is 0.263. The maximum Gasteiger partial charge on any atom is 0.235 e. The van der Waals surface area contributed by atoms with Crippen LogP contribution in [0.1, 0.15) is 31.4 Å². The van der Waals surface area contributed by atoms with E-state index in [1.807, 2.05) is 0 Å². The molecule has 1 aliphatic rings. The molecule has 1 saturated heterocycles. The molecule has 1 unspecified atom stereocenters. The zero-order chi connectivity index (χ0) is 18.5. The summed E-state index contributed by atoms with van der Waals surface area (Å²) in [6.07, 6.45) is 0.611. The number of nitrogens with one attached hydrogen (secondary N) is 1. The van der Waals surface area contributed by atoms with Crippen molar-refractivity contribution in [2.45, 2.75) is 30.6 Å². The van der Waals surface area contributed by atoms with Gasteiger partial charge in [-0.3, -0.25) is 14.9 Å². The molecule has 4 rings (SSSR count). The number of hydrogen-bond donors (Lipinski definition) is 1. The van der Waals surface area contributed by atoms with E-state index in [2.05, 4.69) is 10.5 Å². The second kappa shape index (κ2) is 8.13. The van der Waals surface area contributed by atoms with E-state index in [1.165, 1.54) is 0 Å². The van der Waals surface area contributed by atoms with Crippen molar-refractivity contribution in [1.29, 1.82) is 0 Å². The van der Waals surface area contributed by atoms with Crippen molar-refractivity contribution in [3.63, 3.8) is 0 Å². The van der Waals surface area contributed by atoms with Crippen LogP contribution in [0, 0.1) is 7.43 Å². The predicted octanol–water partition coefficient (Wildman–Crippen LogP) is 2.74. The van der Waals surface area contributed by atoms with Gasteiger partial charge < -0.3 is 11.9 Å². The third-order valence-corrected chi connectivity index (χ3v) is 6.49. The average molecular weight is 571 g/mol. The molecule has 0 aliphatic carbocycles. The Labute approximate surface area is 177 Å². The number of piperidine rings is 1. The van der Waals surface area contributed by atoms with Crippen LogP contribution in [-0.2, 0) is 40.5 Å². The van der Waals surface area contributed by atoms with Crippen LogP contribution < -0.4 is 5.32 Å². The van der Waals surface area contributed by atoms with E-state index in [-0.39, 0.29) is 51.5 Å². The van der Waals surface area contributed by atoms with E-state index in [0.717, 1.165) is 10.8 Å². The molecule has 7 nitrogen and oxygen atoms in total. The summed E-state index contributed by atoms with van der Waals surface area (Å²) >= 11 is 0. The molecule has 2 amide bonds. The number of nitrogens with zero attached hydrogens (tertiary/aromatic N) is 1. The van der Waals surface area contributed by atoms with Gasteiger partial charge in [-0.1, -0.05) is 24.2 Å². The van der Waals surface area contributed by atoms with Crippen molar-refractivity contribution in [2.75, 3.05) is 5.75 Å². The molecule has 1 aromatic heterocycles. The molecule has 9 heteroatoms. The Balaban J connectivity index is 0.00000140. The molecule has 0 saturated carbocycles. The third kappa shape index (κ3) is 3.63. The minimum Gasteiger partial charge on any atom is -0.358 e. The van der Waals surface area contributed by atoms with Crippen LogP contribution in [0.2, 0.25) is 0 Å². The van der Waals surface area contributed by atoms with E-state index in [9.17, 15) is 18.0 Å². The van der Waals surface area contributed by atoms with Crippen molar-refractivity contribution in [3.05, 3.63) is 43.5 Å². The summed E-state index contributed by atoms with van der Waals surface area (Å²) < 4.78 is 29.6. The van der Waals surface area contributed by atoms with Crippen LogP contribution in [0.5, 0.6) is 0 Å². The van der Waals surface area contributed by atoms with E-state index in [0.29, 0.717) is 23.1 Å². The normalized spacial score (nSPS) is 17.1. The number of sulfone groups is 1. The Morgan fingerprint density at radius 1 is 1.21 bits per heavy atom. The molecule has 148 valence electrons.